The van der Waals surface area contributed by atoms with E-state index in [0.29, 0.717) is 6.54 Å². The largest absolute Gasteiger partial charge is 0.395 e. The van der Waals surface area contributed by atoms with Crippen molar-refractivity contribution in [1.82, 2.24) is 0 Å². The zero-order chi connectivity index (χ0) is 14.3. The molecule has 0 radical (unpaired) electrons. The second-order valence-corrected chi connectivity index (χ2v) is 5.83. The molecule has 0 aliphatic rings. The summed E-state index contributed by atoms with van der Waals surface area (Å²) in [6.45, 7) is 2.61. The minimum absolute atomic E-state index is 0.0908. The van der Waals surface area contributed by atoms with Crippen LogP contribution in [0.1, 0.15) is 12.5 Å². The first-order valence-electron chi connectivity index (χ1n) is 5.72. The van der Waals surface area contributed by atoms with Crippen LogP contribution in [0.2, 0.25) is 0 Å². The van der Waals surface area contributed by atoms with Crippen molar-refractivity contribution in [3.63, 3.8) is 0 Å². The van der Waals surface area contributed by atoms with Gasteiger partial charge in [0.15, 0.2) is 0 Å². The maximum atomic E-state index is 10.2. The number of benzene rings is 1. The molecule has 1 N–H and O–H groups in total. The quantitative estimate of drug-likeness (QED) is 0.667. The van der Waals surface area contributed by atoms with Crippen LogP contribution in [0.5, 0.6) is 0 Å². The molecule has 19 heavy (non-hydrogen) atoms. The number of anilines is 1. The van der Waals surface area contributed by atoms with Crippen molar-refractivity contribution in [2.45, 2.75) is 6.92 Å². The number of thioether (sulfide) groups is 1. The number of nitrogens with zero attached hydrogens (tertiary/aromatic N) is 2. The summed E-state index contributed by atoms with van der Waals surface area (Å²) in [7, 11) is 1.93. The molecule has 0 aliphatic heterocycles. The molecule has 6 heteroatoms. The lowest BCUT2D eigenvalue weighted by atomic mass is 10.2. The number of aliphatic hydroxyl groups is 1. The van der Waals surface area contributed by atoms with Gasteiger partial charge in [-0.15, -0.1) is 4.91 Å². The Bertz CT molecular complexity index is 472. The van der Waals surface area contributed by atoms with Crippen LogP contribution in [0.15, 0.2) is 34.3 Å². The highest BCUT2D eigenvalue weighted by Gasteiger charge is 2.01. The highest BCUT2D eigenvalue weighted by atomic mass is 32.2. The molecule has 0 fully saturated rings. The number of hydrogen-bond acceptors (Lipinski definition) is 5. The van der Waals surface area contributed by atoms with Crippen LogP contribution in [0.4, 0.5) is 5.69 Å². The van der Waals surface area contributed by atoms with Crippen molar-refractivity contribution >= 4 is 40.1 Å². The van der Waals surface area contributed by atoms with Gasteiger partial charge in [-0.25, -0.2) is 0 Å². The Balaban J connectivity index is 2.73. The molecular formula is C13H16N2O2S2. The van der Waals surface area contributed by atoms with E-state index in [1.54, 1.807) is 0 Å². The number of thiocarbonyl (C=S) groups is 1. The third kappa shape index (κ3) is 5.50. The Morgan fingerprint density at radius 1 is 1.47 bits per heavy atom. The molecule has 0 spiro atoms. The van der Waals surface area contributed by atoms with E-state index in [-0.39, 0.29) is 10.9 Å². The van der Waals surface area contributed by atoms with E-state index in [1.807, 2.05) is 49.2 Å². The van der Waals surface area contributed by atoms with Gasteiger partial charge in [0.25, 0.3) is 0 Å². The number of allylic oxidation sites excluding steroid dienone is 1. The summed E-state index contributed by atoms with van der Waals surface area (Å²) in [5, 5.41) is 11.6. The van der Waals surface area contributed by atoms with Crippen molar-refractivity contribution in [3.8, 4) is 0 Å². The zero-order valence-electron chi connectivity index (χ0n) is 10.9. The monoisotopic (exact) mass is 296 g/mol. The molecule has 1 rings (SSSR count). The van der Waals surface area contributed by atoms with Crippen molar-refractivity contribution in [1.29, 1.82) is 0 Å². The first-order valence-corrected chi connectivity index (χ1v) is 6.95. The SMILES string of the molecule is C/C(=C/c1ccc(N(C)CCO)cc1)SC(=S)N=O. The molecule has 0 aliphatic carbocycles. The standard InChI is InChI=1S/C13H16N2O2S2/c1-10(19-13(18)14-17)9-11-3-5-12(6-4-11)15(2)7-8-16/h3-6,9,16H,7-8H2,1-2H3/b10-9-. The summed E-state index contributed by atoms with van der Waals surface area (Å²) >= 11 is 5.93. The molecule has 0 heterocycles. The van der Waals surface area contributed by atoms with Gasteiger partial charge in [-0.1, -0.05) is 23.9 Å². The smallest absolute Gasteiger partial charge is 0.208 e. The van der Waals surface area contributed by atoms with Gasteiger partial charge >= 0.3 is 0 Å². The van der Waals surface area contributed by atoms with Crippen LogP contribution >= 0.6 is 24.0 Å². The minimum Gasteiger partial charge on any atom is -0.395 e. The molecule has 0 aromatic heterocycles. The van der Waals surface area contributed by atoms with Crippen molar-refractivity contribution in [3.05, 3.63) is 39.6 Å². The van der Waals surface area contributed by atoms with E-state index in [1.165, 1.54) is 11.8 Å². The van der Waals surface area contributed by atoms with Crippen LogP contribution < -0.4 is 4.90 Å². The summed E-state index contributed by atoms with van der Waals surface area (Å²) in [5.74, 6) is 0. The minimum atomic E-state index is 0.0908. The maximum Gasteiger partial charge on any atom is 0.208 e. The van der Waals surface area contributed by atoms with Gasteiger partial charge in [-0.05, 0) is 53.0 Å². The fourth-order valence-corrected chi connectivity index (χ4v) is 2.43. The van der Waals surface area contributed by atoms with E-state index < -0.39 is 0 Å². The summed E-state index contributed by atoms with van der Waals surface area (Å²) < 4.78 is 0.0908. The van der Waals surface area contributed by atoms with Crippen LogP contribution in [0, 0.1) is 4.91 Å². The van der Waals surface area contributed by atoms with Crippen molar-refractivity contribution in [2.75, 3.05) is 25.1 Å². The molecule has 102 valence electrons. The predicted molar refractivity (Wildman–Crippen MR) is 86.4 cm³/mol. The second-order valence-electron chi connectivity index (χ2n) is 3.95. The van der Waals surface area contributed by atoms with E-state index >= 15 is 0 Å². The molecular weight excluding hydrogens is 280 g/mol. The zero-order valence-corrected chi connectivity index (χ0v) is 12.5. The van der Waals surface area contributed by atoms with Gasteiger partial charge in [0.2, 0.25) is 4.32 Å². The Labute approximate surface area is 122 Å². The van der Waals surface area contributed by atoms with E-state index in [4.69, 9.17) is 17.3 Å². The summed E-state index contributed by atoms with van der Waals surface area (Å²) in [5.41, 5.74) is 2.07. The maximum absolute atomic E-state index is 10.2. The molecule has 0 saturated carbocycles. The Morgan fingerprint density at radius 3 is 2.63 bits per heavy atom. The highest BCUT2D eigenvalue weighted by Crippen LogP contribution is 2.22. The Morgan fingerprint density at radius 2 is 2.11 bits per heavy atom. The Hall–Kier alpha value is -1.24. The number of hydrogen-bond donors (Lipinski definition) is 1. The molecule has 0 atom stereocenters. The van der Waals surface area contributed by atoms with Gasteiger partial charge in [0.05, 0.1) is 6.61 Å². The molecule has 0 saturated heterocycles. The van der Waals surface area contributed by atoms with Gasteiger partial charge in [-0.2, -0.15) is 0 Å². The average molecular weight is 296 g/mol. The van der Waals surface area contributed by atoms with Crippen LogP contribution in [0.25, 0.3) is 6.08 Å². The van der Waals surface area contributed by atoms with E-state index in [9.17, 15) is 4.91 Å². The van der Waals surface area contributed by atoms with Crippen LogP contribution in [-0.4, -0.2) is 29.6 Å². The first kappa shape index (κ1) is 15.8. The first-order chi connectivity index (χ1) is 9.06. The average Bonchev–Trinajstić information content (AvgIpc) is 2.39. The lowest BCUT2D eigenvalue weighted by molar-refractivity contribution is 0.304. The summed E-state index contributed by atoms with van der Waals surface area (Å²) in [6.07, 6.45) is 1.94. The van der Waals surface area contributed by atoms with Crippen molar-refractivity contribution in [2.24, 2.45) is 5.18 Å². The number of likely N-dealkylation sites (N-methyl/N-ethyl adjacent to an activating group) is 1. The molecule has 4 nitrogen and oxygen atoms in total. The summed E-state index contributed by atoms with van der Waals surface area (Å²) in [6, 6.07) is 7.92. The van der Waals surface area contributed by atoms with Crippen LogP contribution in [-0.2, 0) is 0 Å². The second kappa shape index (κ2) is 8.04. The van der Waals surface area contributed by atoms with Crippen molar-refractivity contribution < 1.29 is 5.11 Å². The fourth-order valence-electron chi connectivity index (χ4n) is 1.52. The molecule has 0 amide bonds. The number of nitroso groups, excluding NO2 is 1. The predicted octanol–water partition coefficient (Wildman–Crippen LogP) is 3.26. The van der Waals surface area contributed by atoms with E-state index in [0.717, 1.165) is 16.2 Å². The molecule has 0 unspecified atom stereocenters. The number of rotatable bonds is 5. The van der Waals surface area contributed by atoms with Gasteiger partial charge in [0.1, 0.15) is 0 Å². The molecule has 1 aromatic rings. The van der Waals surface area contributed by atoms with Gasteiger partial charge < -0.3 is 10.0 Å². The third-order valence-electron chi connectivity index (χ3n) is 2.46. The highest BCUT2D eigenvalue weighted by molar-refractivity contribution is 8.25. The molecule has 0 bridgehead atoms. The lowest BCUT2D eigenvalue weighted by Crippen LogP contribution is -2.20. The van der Waals surface area contributed by atoms with E-state index in [2.05, 4.69) is 5.18 Å². The molecule has 1 aromatic carbocycles. The normalized spacial score (nSPS) is 11.2. The topological polar surface area (TPSA) is 52.9 Å². The van der Waals surface area contributed by atoms with Crippen LogP contribution in [0.3, 0.4) is 0 Å². The number of aliphatic hydroxyl groups excluding tert-OH is 1. The summed E-state index contributed by atoms with van der Waals surface area (Å²) in [4.78, 5) is 13.1. The Kier molecular flexibility index (Phi) is 6.69. The lowest BCUT2D eigenvalue weighted by Gasteiger charge is -2.17. The fraction of sp³-hybridized carbons (Fsp3) is 0.308. The van der Waals surface area contributed by atoms with Gasteiger partial charge in [0, 0.05) is 19.3 Å². The van der Waals surface area contributed by atoms with Gasteiger partial charge in [-0.3, -0.25) is 0 Å². The third-order valence-corrected chi connectivity index (χ3v) is 3.48.